The first-order chi connectivity index (χ1) is 29.3. The Balaban J connectivity index is 1.41. The van der Waals surface area contributed by atoms with Gasteiger partial charge in [0.25, 0.3) is 0 Å². The van der Waals surface area contributed by atoms with Gasteiger partial charge in [-0.3, -0.25) is 4.40 Å². The predicted molar refractivity (Wildman–Crippen MR) is 215 cm³/mol. The molecule has 2 aromatic heterocycles. The number of aromatic nitrogens is 2. The monoisotopic (exact) mass is 691 g/mol. The molecule has 4 heteroatoms. The second-order valence-corrected chi connectivity index (χ2v) is 14.6. The van der Waals surface area contributed by atoms with Crippen LogP contribution >= 0.6 is 0 Å². The van der Waals surface area contributed by atoms with Crippen molar-refractivity contribution >= 4 is 28.0 Å². The second kappa shape index (κ2) is 11.4. The van der Waals surface area contributed by atoms with Crippen LogP contribution in [0, 0.1) is 20.6 Å². The molecule has 8 aromatic rings. The van der Waals surface area contributed by atoms with Crippen LogP contribution in [0.2, 0.25) is 0 Å². The molecule has 0 radical (unpaired) electrons. The van der Waals surface area contributed by atoms with E-state index in [1.807, 2.05) is 59.0 Å². The maximum absolute atomic E-state index is 9.18. The fourth-order valence-corrected chi connectivity index (χ4v) is 8.01. The van der Waals surface area contributed by atoms with E-state index in [0.29, 0.717) is 22.5 Å². The molecule has 1 aliphatic heterocycles. The molecule has 3 heterocycles. The molecule has 6 aromatic carbocycles. The van der Waals surface area contributed by atoms with E-state index in [2.05, 4.69) is 32.7 Å². The van der Waals surface area contributed by atoms with Gasteiger partial charge in [-0.05, 0) is 95.7 Å². The SMILES string of the molecule is [2H]C([2H])([2H])c1ccc(-c2ccc(C([2H])([2H])C)c(-c3cccc4c3oc3nc5ccccc5n34)c2C([2H])([2H])[2H])c(C([2H])([2H])[2H])c1-c1cccc2c1Oc1ccccc1C(C)(C)C2(C)C. The Kier molecular flexibility index (Phi) is 4.92. The van der Waals surface area contributed by atoms with Gasteiger partial charge in [0.1, 0.15) is 11.5 Å². The van der Waals surface area contributed by atoms with E-state index in [0.717, 1.165) is 16.6 Å². The lowest BCUT2D eigenvalue weighted by Gasteiger charge is -2.41. The van der Waals surface area contributed by atoms with Gasteiger partial charge in [-0.25, -0.2) is 0 Å². The molecule has 9 rings (SSSR count). The van der Waals surface area contributed by atoms with Crippen molar-refractivity contribution in [2.24, 2.45) is 0 Å². The van der Waals surface area contributed by atoms with Crippen LogP contribution < -0.4 is 4.74 Å². The molecule has 4 nitrogen and oxygen atoms in total. The highest BCUT2D eigenvalue weighted by Crippen LogP contribution is 2.56. The molecule has 0 atom stereocenters. The molecule has 0 amide bonds. The van der Waals surface area contributed by atoms with E-state index in [4.69, 9.17) is 20.1 Å². The van der Waals surface area contributed by atoms with Gasteiger partial charge in [-0.15, -0.1) is 0 Å². The van der Waals surface area contributed by atoms with Crippen molar-refractivity contribution in [3.05, 3.63) is 143 Å². The smallest absolute Gasteiger partial charge is 0.307 e. The van der Waals surface area contributed by atoms with Crippen molar-refractivity contribution in [2.75, 3.05) is 0 Å². The lowest BCUT2D eigenvalue weighted by Crippen LogP contribution is -2.39. The zero-order chi connectivity index (χ0) is 45.4. The summed E-state index contributed by atoms with van der Waals surface area (Å²) in [7, 11) is 0. The molecule has 258 valence electrons. The quantitative estimate of drug-likeness (QED) is 0.184. The van der Waals surface area contributed by atoms with Crippen molar-refractivity contribution in [1.29, 1.82) is 0 Å². The summed E-state index contributed by atoms with van der Waals surface area (Å²) >= 11 is 0. The maximum atomic E-state index is 9.18. The summed E-state index contributed by atoms with van der Waals surface area (Å²) in [5.41, 5.74) is 2.10. The van der Waals surface area contributed by atoms with Crippen LogP contribution in [0.25, 0.3) is 61.4 Å². The Morgan fingerprint density at radius 3 is 2.13 bits per heavy atom. The number of nitrogens with zero attached hydrogens (tertiary/aromatic N) is 2. The van der Waals surface area contributed by atoms with Crippen molar-refractivity contribution in [3.8, 4) is 44.9 Å². The van der Waals surface area contributed by atoms with Gasteiger partial charge in [0.2, 0.25) is 0 Å². The summed E-state index contributed by atoms with van der Waals surface area (Å²) in [6, 6.07) is 31.2. The number of hydrogen-bond acceptors (Lipinski definition) is 3. The second-order valence-electron chi connectivity index (χ2n) is 14.6. The number of aryl methyl sites for hydroxylation is 2. The van der Waals surface area contributed by atoms with Crippen LogP contribution in [0.3, 0.4) is 0 Å². The van der Waals surface area contributed by atoms with Crippen LogP contribution in [-0.2, 0) is 17.2 Å². The summed E-state index contributed by atoms with van der Waals surface area (Å²) in [5, 5.41) is 0. The minimum atomic E-state index is -3.02. The maximum Gasteiger partial charge on any atom is 0.307 e. The number of imidazole rings is 1. The minimum Gasteiger partial charge on any atom is -0.456 e. The van der Waals surface area contributed by atoms with Crippen molar-refractivity contribution in [3.63, 3.8) is 0 Å². The van der Waals surface area contributed by atoms with Crippen molar-refractivity contribution in [1.82, 2.24) is 9.38 Å². The van der Waals surface area contributed by atoms with Crippen LogP contribution in [0.5, 0.6) is 11.5 Å². The lowest BCUT2D eigenvalue weighted by molar-refractivity contribution is 0.306. The summed E-state index contributed by atoms with van der Waals surface area (Å²) in [4.78, 5) is 4.66. The summed E-state index contributed by atoms with van der Waals surface area (Å²) in [5.74, 6) is 1.08. The van der Waals surface area contributed by atoms with E-state index < -0.39 is 37.8 Å². The Hall–Kier alpha value is -5.61. The molecule has 0 bridgehead atoms. The van der Waals surface area contributed by atoms with Crippen molar-refractivity contribution < 1.29 is 24.2 Å². The number of para-hydroxylation sites is 5. The molecule has 0 spiro atoms. The fourth-order valence-electron chi connectivity index (χ4n) is 8.01. The van der Waals surface area contributed by atoms with Crippen LogP contribution in [0.4, 0.5) is 0 Å². The average Bonchev–Trinajstić information content (AvgIpc) is 3.73. The van der Waals surface area contributed by atoms with E-state index in [-0.39, 0.29) is 67.1 Å². The van der Waals surface area contributed by atoms with Crippen LogP contribution in [0.1, 0.15) is 83.1 Å². The predicted octanol–water partition coefficient (Wildman–Crippen LogP) is 13.1. The zero-order valence-corrected chi connectivity index (χ0v) is 29.6. The lowest BCUT2D eigenvalue weighted by atomic mass is 9.61. The number of benzene rings is 6. The van der Waals surface area contributed by atoms with Crippen LogP contribution in [0.15, 0.2) is 114 Å². The van der Waals surface area contributed by atoms with Crippen LogP contribution in [-0.4, -0.2) is 9.38 Å². The van der Waals surface area contributed by atoms with Gasteiger partial charge in [-0.1, -0.05) is 120 Å². The minimum absolute atomic E-state index is 0.00217. The summed E-state index contributed by atoms with van der Waals surface area (Å²) in [6.45, 7) is 0.867. The molecule has 0 unspecified atom stereocenters. The molecular formula is C48H44N2O2. The molecular weight excluding hydrogens is 637 g/mol. The number of hydrogen-bond donors (Lipinski definition) is 0. The van der Waals surface area contributed by atoms with Gasteiger partial charge in [0.15, 0.2) is 5.58 Å². The first-order valence-corrected chi connectivity index (χ1v) is 17.4. The number of fused-ring (bicyclic) bond motifs is 7. The third-order valence-electron chi connectivity index (χ3n) is 11.5. The molecule has 0 fully saturated rings. The number of ether oxygens (including phenoxy) is 1. The molecule has 52 heavy (non-hydrogen) atoms. The Morgan fingerprint density at radius 1 is 0.654 bits per heavy atom. The molecule has 0 saturated heterocycles. The fraction of sp³-hybridized carbons (Fsp3) is 0.229. The number of oxazole rings is 1. The Labute approximate surface area is 321 Å². The molecule has 0 saturated carbocycles. The topological polar surface area (TPSA) is 39.7 Å². The normalized spacial score (nSPS) is 18.8. The first kappa shape index (κ1) is 22.4. The largest absolute Gasteiger partial charge is 0.456 e. The third kappa shape index (κ3) is 4.43. The first-order valence-electron chi connectivity index (χ1n) is 22.9. The zero-order valence-electron chi connectivity index (χ0n) is 40.6. The third-order valence-corrected chi connectivity index (χ3v) is 11.5. The van der Waals surface area contributed by atoms with E-state index in [9.17, 15) is 4.11 Å². The average molecular weight is 692 g/mol. The highest BCUT2D eigenvalue weighted by Gasteiger charge is 2.45. The van der Waals surface area contributed by atoms with Crippen molar-refractivity contribution in [2.45, 2.75) is 72.4 Å². The van der Waals surface area contributed by atoms with E-state index in [1.165, 1.54) is 31.2 Å². The number of rotatable bonds is 4. The molecule has 1 aliphatic rings. The Bertz CT molecular complexity index is 3160. The van der Waals surface area contributed by atoms with E-state index in [1.54, 1.807) is 30.3 Å². The van der Waals surface area contributed by atoms with Gasteiger partial charge in [0.05, 0.1) is 16.6 Å². The van der Waals surface area contributed by atoms with Gasteiger partial charge >= 0.3 is 5.84 Å². The summed E-state index contributed by atoms with van der Waals surface area (Å²) < 4.78 is 114. The van der Waals surface area contributed by atoms with Gasteiger partial charge in [-0.2, -0.15) is 4.98 Å². The van der Waals surface area contributed by atoms with Gasteiger partial charge < -0.3 is 9.15 Å². The highest BCUT2D eigenvalue weighted by atomic mass is 16.5. The molecule has 0 aliphatic carbocycles. The van der Waals surface area contributed by atoms with E-state index >= 15 is 0 Å². The summed E-state index contributed by atoms with van der Waals surface area (Å²) in [6.07, 6.45) is -2.10. The molecule has 0 N–H and O–H groups in total. The standard InChI is InChI=1S/C48H44N2O2/c1-9-31-25-27-33(30(4)43(31)35-17-15-22-40-45(35)52-46-49-38-20-11-12-21-39(38)50(40)46)32-26-24-28(2)42(29(32)3)34-16-14-19-37-44(34)51-41-23-13-10-18-36(41)47(5,6)48(37,7)8/h10-27H,9H2,1-8H3/i2D3,3D3,4D3,9D2. The highest BCUT2D eigenvalue weighted by molar-refractivity contribution is 5.98. The Morgan fingerprint density at radius 2 is 1.33 bits per heavy atom. The van der Waals surface area contributed by atoms with Gasteiger partial charge in [0, 0.05) is 48.2 Å².